The summed E-state index contributed by atoms with van der Waals surface area (Å²) < 4.78 is 6.31. The molecule has 0 saturated heterocycles. The smallest absolute Gasteiger partial charge is 0.321 e. The lowest BCUT2D eigenvalue weighted by atomic mass is 10.2. The van der Waals surface area contributed by atoms with Crippen LogP contribution in [0.5, 0.6) is 11.8 Å². The number of halogens is 1. The van der Waals surface area contributed by atoms with Crippen LogP contribution in [0.2, 0.25) is 0 Å². The minimum absolute atomic E-state index is 0.229. The van der Waals surface area contributed by atoms with Crippen LogP contribution in [0.3, 0.4) is 0 Å². The third-order valence-electron chi connectivity index (χ3n) is 1.92. The van der Waals surface area contributed by atoms with Gasteiger partial charge in [-0.15, -0.1) is 0 Å². The molecule has 1 amide bonds. The van der Waals surface area contributed by atoms with Gasteiger partial charge in [-0.3, -0.25) is 4.79 Å². The zero-order chi connectivity index (χ0) is 12.3. The van der Waals surface area contributed by atoms with Gasteiger partial charge in [0.15, 0.2) is 0 Å². The average molecular weight is 341 g/mol. The number of amides is 1. The van der Waals surface area contributed by atoms with Gasteiger partial charge in [0.25, 0.3) is 0 Å². The molecule has 1 aromatic heterocycles. The standard InChI is InChI=1S/C11H8IN3O2/c12-8-5-14-11(15-6-8)17-9-3-1-2-7(4-9)10(13)16/h1-6H,(H2,13,16). The van der Waals surface area contributed by atoms with E-state index in [2.05, 4.69) is 32.6 Å². The Morgan fingerprint density at radius 3 is 2.65 bits per heavy atom. The third kappa shape index (κ3) is 3.13. The van der Waals surface area contributed by atoms with E-state index in [0.29, 0.717) is 11.3 Å². The van der Waals surface area contributed by atoms with Crippen LogP contribution in [0.1, 0.15) is 10.4 Å². The molecule has 1 heterocycles. The SMILES string of the molecule is NC(=O)c1cccc(Oc2ncc(I)cn2)c1. The van der Waals surface area contributed by atoms with Crippen molar-refractivity contribution >= 4 is 28.5 Å². The summed E-state index contributed by atoms with van der Waals surface area (Å²) in [5, 5.41) is 0. The predicted octanol–water partition coefficient (Wildman–Crippen LogP) is 1.97. The Morgan fingerprint density at radius 1 is 1.29 bits per heavy atom. The van der Waals surface area contributed by atoms with Crippen molar-refractivity contribution < 1.29 is 9.53 Å². The van der Waals surface area contributed by atoms with Gasteiger partial charge in [-0.1, -0.05) is 6.07 Å². The van der Waals surface area contributed by atoms with E-state index in [1.54, 1.807) is 36.7 Å². The minimum Gasteiger partial charge on any atom is -0.424 e. The number of nitrogens with two attached hydrogens (primary N) is 1. The first-order chi connectivity index (χ1) is 8.15. The van der Waals surface area contributed by atoms with E-state index in [9.17, 15) is 4.79 Å². The van der Waals surface area contributed by atoms with Gasteiger partial charge in [0.2, 0.25) is 5.91 Å². The second-order valence-electron chi connectivity index (χ2n) is 3.18. The number of hydrogen-bond acceptors (Lipinski definition) is 4. The van der Waals surface area contributed by atoms with E-state index in [1.807, 2.05) is 0 Å². The zero-order valence-electron chi connectivity index (χ0n) is 8.63. The van der Waals surface area contributed by atoms with Crippen molar-refractivity contribution in [3.05, 3.63) is 45.8 Å². The maximum Gasteiger partial charge on any atom is 0.321 e. The molecule has 0 spiro atoms. The number of rotatable bonds is 3. The molecule has 6 heteroatoms. The van der Waals surface area contributed by atoms with E-state index in [1.165, 1.54) is 0 Å². The van der Waals surface area contributed by atoms with Gasteiger partial charge in [0.05, 0.1) is 0 Å². The maximum absolute atomic E-state index is 11.0. The molecule has 0 aliphatic rings. The van der Waals surface area contributed by atoms with Crippen LogP contribution in [0.15, 0.2) is 36.7 Å². The molecule has 0 bridgehead atoms. The monoisotopic (exact) mass is 341 g/mol. The number of nitrogens with zero attached hydrogens (tertiary/aromatic N) is 2. The van der Waals surface area contributed by atoms with E-state index in [0.717, 1.165) is 3.57 Å². The van der Waals surface area contributed by atoms with Crippen LogP contribution < -0.4 is 10.5 Å². The van der Waals surface area contributed by atoms with Crippen LogP contribution in [-0.4, -0.2) is 15.9 Å². The van der Waals surface area contributed by atoms with Crippen LogP contribution in [0.4, 0.5) is 0 Å². The number of aromatic nitrogens is 2. The lowest BCUT2D eigenvalue weighted by Gasteiger charge is -2.04. The quantitative estimate of drug-likeness (QED) is 0.866. The maximum atomic E-state index is 11.0. The van der Waals surface area contributed by atoms with Gasteiger partial charge in [-0.2, -0.15) is 0 Å². The fourth-order valence-electron chi connectivity index (χ4n) is 1.17. The molecular weight excluding hydrogens is 333 g/mol. The number of primary amides is 1. The molecule has 1 aromatic carbocycles. The first kappa shape index (κ1) is 11.8. The molecular formula is C11H8IN3O2. The number of carbonyl (C=O) groups excluding carboxylic acids is 1. The van der Waals surface area contributed by atoms with E-state index >= 15 is 0 Å². The highest BCUT2D eigenvalue weighted by Crippen LogP contribution is 2.18. The Bertz CT molecular complexity index is 543. The van der Waals surface area contributed by atoms with Crippen molar-refractivity contribution in [2.24, 2.45) is 5.73 Å². The first-order valence-electron chi connectivity index (χ1n) is 4.70. The van der Waals surface area contributed by atoms with Crippen molar-refractivity contribution in [1.82, 2.24) is 9.97 Å². The minimum atomic E-state index is -0.501. The summed E-state index contributed by atoms with van der Waals surface area (Å²) in [6, 6.07) is 6.77. The predicted molar refractivity (Wildman–Crippen MR) is 69.8 cm³/mol. The molecule has 0 fully saturated rings. The normalized spacial score (nSPS) is 9.94. The molecule has 0 saturated carbocycles. The molecule has 0 aliphatic carbocycles. The lowest BCUT2D eigenvalue weighted by Crippen LogP contribution is -2.10. The number of hydrogen-bond donors (Lipinski definition) is 1. The van der Waals surface area contributed by atoms with Gasteiger partial charge >= 0.3 is 6.01 Å². The Balaban J connectivity index is 2.21. The average Bonchev–Trinajstić information content (AvgIpc) is 2.32. The van der Waals surface area contributed by atoms with Crippen LogP contribution >= 0.6 is 22.6 Å². The van der Waals surface area contributed by atoms with E-state index in [-0.39, 0.29) is 6.01 Å². The molecule has 2 N–H and O–H groups in total. The summed E-state index contributed by atoms with van der Waals surface area (Å²) in [5.74, 6) is -0.0264. The number of carbonyl (C=O) groups is 1. The van der Waals surface area contributed by atoms with Crippen LogP contribution in [0.25, 0.3) is 0 Å². The van der Waals surface area contributed by atoms with Gasteiger partial charge in [0, 0.05) is 21.5 Å². The summed E-state index contributed by atoms with van der Waals surface area (Å²) in [7, 11) is 0. The Labute approximate surface area is 111 Å². The molecule has 5 nitrogen and oxygen atoms in total. The summed E-state index contributed by atoms with van der Waals surface area (Å²) in [6.07, 6.45) is 3.28. The number of benzene rings is 1. The fraction of sp³-hybridized carbons (Fsp3) is 0. The van der Waals surface area contributed by atoms with Gasteiger partial charge in [-0.05, 0) is 40.8 Å². The second kappa shape index (κ2) is 5.09. The van der Waals surface area contributed by atoms with Gasteiger partial charge in [0.1, 0.15) is 5.75 Å². The third-order valence-corrected chi connectivity index (χ3v) is 2.48. The highest BCUT2D eigenvalue weighted by molar-refractivity contribution is 14.1. The molecule has 0 aliphatic heterocycles. The number of ether oxygens (including phenoxy) is 1. The molecule has 0 atom stereocenters. The molecule has 2 rings (SSSR count). The molecule has 86 valence electrons. The molecule has 0 radical (unpaired) electrons. The zero-order valence-corrected chi connectivity index (χ0v) is 10.8. The van der Waals surface area contributed by atoms with Crippen molar-refractivity contribution in [1.29, 1.82) is 0 Å². The summed E-state index contributed by atoms with van der Waals surface area (Å²) in [5.41, 5.74) is 5.55. The molecule has 0 unspecified atom stereocenters. The fourth-order valence-corrected chi connectivity index (χ4v) is 1.45. The summed E-state index contributed by atoms with van der Waals surface area (Å²) in [4.78, 5) is 19.0. The van der Waals surface area contributed by atoms with E-state index in [4.69, 9.17) is 10.5 Å². The highest BCUT2D eigenvalue weighted by atomic mass is 127. The molecule has 17 heavy (non-hydrogen) atoms. The van der Waals surface area contributed by atoms with Crippen molar-refractivity contribution in [3.63, 3.8) is 0 Å². The highest BCUT2D eigenvalue weighted by Gasteiger charge is 2.04. The second-order valence-corrected chi connectivity index (χ2v) is 4.42. The van der Waals surface area contributed by atoms with E-state index < -0.39 is 5.91 Å². The van der Waals surface area contributed by atoms with Crippen LogP contribution in [0, 0.1) is 3.57 Å². The summed E-state index contributed by atoms with van der Waals surface area (Å²) in [6.45, 7) is 0. The van der Waals surface area contributed by atoms with Crippen molar-refractivity contribution in [2.45, 2.75) is 0 Å². The lowest BCUT2D eigenvalue weighted by molar-refractivity contribution is 0.1000. The van der Waals surface area contributed by atoms with Gasteiger partial charge < -0.3 is 10.5 Å². The largest absolute Gasteiger partial charge is 0.424 e. The summed E-state index contributed by atoms with van der Waals surface area (Å²) >= 11 is 2.10. The van der Waals surface area contributed by atoms with Crippen LogP contribution in [-0.2, 0) is 0 Å². The van der Waals surface area contributed by atoms with Gasteiger partial charge in [-0.25, -0.2) is 9.97 Å². The molecule has 2 aromatic rings. The van der Waals surface area contributed by atoms with Crippen molar-refractivity contribution in [2.75, 3.05) is 0 Å². The van der Waals surface area contributed by atoms with Crippen molar-refractivity contribution in [3.8, 4) is 11.8 Å². The topological polar surface area (TPSA) is 78.1 Å². The Kier molecular flexibility index (Phi) is 3.52. The first-order valence-corrected chi connectivity index (χ1v) is 5.78. The Hall–Kier alpha value is -1.70. The Morgan fingerprint density at radius 2 is 2.00 bits per heavy atom.